The first kappa shape index (κ1) is 13.6. The molecule has 0 aromatic heterocycles. The minimum Gasteiger partial charge on any atom is -0.280 e. The van der Waals surface area contributed by atoms with Crippen LogP contribution in [-0.4, -0.2) is 5.91 Å². The number of para-hydroxylation sites is 2. The Labute approximate surface area is 125 Å². The number of amides is 1. The number of nitrogens with zero attached hydrogens (tertiary/aromatic N) is 1. The zero-order chi connectivity index (χ0) is 14.9. The minimum absolute atomic E-state index is 0.150. The number of allylic oxidation sites excluding steroid dienone is 1. The van der Waals surface area contributed by atoms with E-state index in [1.165, 1.54) is 0 Å². The highest BCUT2D eigenvalue weighted by Crippen LogP contribution is 2.47. The summed E-state index contributed by atoms with van der Waals surface area (Å²) in [6.45, 7) is 5.83. The van der Waals surface area contributed by atoms with Gasteiger partial charge in [-0.1, -0.05) is 42.5 Å². The molecule has 0 fully saturated rings. The van der Waals surface area contributed by atoms with Crippen LogP contribution in [0.1, 0.15) is 25.3 Å². The third-order valence-corrected chi connectivity index (χ3v) is 4.28. The summed E-state index contributed by atoms with van der Waals surface area (Å²) in [4.78, 5) is 14.9. The summed E-state index contributed by atoms with van der Waals surface area (Å²) >= 11 is 0. The molecule has 1 heterocycles. The fraction of sp³-hybridized carbons (Fsp3) is 0.211. The largest absolute Gasteiger partial charge is 0.280 e. The highest BCUT2D eigenvalue weighted by Gasteiger charge is 2.46. The van der Waals surface area contributed by atoms with Gasteiger partial charge in [-0.25, -0.2) is 0 Å². The van der Waals surface area contributed by atoms with E-state index >= 15 is 0 Å². The van der Waals surface area contributed by atoms with Crippen LogP contribution in [0.25, 0.3) is 0 Å². The van der Waals surface area contributed by atoms with Crippen molar-refractivity contribution in [3.63, 3.8) is 0 Å². The van der Waals surface area contributed by atoms with Crippen molar-refractivity contribution in [1.29, 1.82) is 0 Å². The summed E-state index contributed by atoms with van der Waals surface area (Å²) in [6.07, 6.45) is 3.50. The van der Waals surface area contributed by atoms with Crippen molar-refractivity contribution in [3.05, 3.63) is 72.8 Å². The predicted molar refractivity (Wildman–Crippen MR) is 86.8 cm³/mol. The molecule has 0 N–H and O–H groups in total. The van der Waals surface area contributed by atoms with Gasteiger partial charge in [-0.05, 0) is 43.5 Å². The minimum atomic E-state index is -0.472. The molecule has 1 atom stereocenters. The molecule has 0 spiro atoms. The number of hydrogen-bond donors (Lipinski definition) is 0. The number of rotatable bonds is 4. The molecule has 2 aromatic rings. The maximum absolute atomic E-state index is 13.1. The van der Waals surface area contributed by atoms with Gasteiger partial charge in [0.05, 0.1) is 11.1 Å². The lowest BCUT2D eigenvalue weighted by Gasteiger charge is -2.24. The van der Waals surface area contributed by atoms with Crippen molar-refractivity contribution in [2.45, 2.75) is 25.2 Å². The molecular formula is C19H19NO. The number of anilines is 2. The summed E-state index contributed by atoms with van der Waals surface area (Å²) in [7, 11) is 0. The van der Waals surface area contributed by atoms with Crippen molar-refractivity contribution in [1.82, 2.24) is 0 Å². The summed E-state index contributed by atoms with van der Waals surface area (Å²) < 4.78 is 0. The van der Waals surface area contributed by atoms with E-state index in [0.717, 1.165) is 29.8 Å². The lowest BCUT2D eigenvalue weighted by Crippen LogP contribution is -2.35. The molecule has 0 bridgehead atoms. The summed E-state index contributed by atoms with van der Waals surface area (Å²) in [5.41, 5.74) is 2.57. The molecule has 0 aliphatic carbocycles. The van der Waals surface area contributed by atoms with Crippen LogP contribution in [0.3, 0.4) is 0 Å². The lowest BCUT2D eigenvalue weighted by atomic mass is 9.79. The van der Waals surface area contributed by atoms with Gasteiger partial charge in [0.25, 0.3) is 0 Å². The topological polar surface area (TPSA) is 20.3 Å². The van der Waals surface area contributed by atoms with Crippen LogP contribution in [-0.2, 0) is 10.2 Å². The highest BCUT2D eigenvalue weighted by atomic mass is 16.2. The van der Waals surface area contributed by atoms with E-state index in [4.69, 9.17) is 0 Å². The van der Waals surface area contributed by atoms with Gasteiger partial charge in [0.2, 0.25) is 5.91 Å². The predicted octanol–water partition coefficient (Wildman–Crippen LogP) is 4.59. The van der Waals surface area contributed by atoms with E-state index in [0.29, 0.717) is 0 Å². The molecule has 3 rings (SSSR count). The molecule has 0 saturated heterocycles. The SMILES string of the molecule is C=CCC[C@@]1(C)C(=O)N(c2ccccc2)c2ccccc21. The number of carbonyl (C=O) groups is 1. The average Bonchev–Trinajstić information content (AvgIpc) is 2.75. The van der Waals surface area contributed by atoms with Crippen LogP contribution < -0.4 is 4.90 Å². The first-order chi connectivity index (χ1) is 10.2. The van der Waals surface area contributed by atoms with E-state index in [-0.39, 0.29) is 5.91 Å². The van der Waals surface area contributed by atoms with Gasteiger partial charge in [0.15, 0.2) is 0 Å². The molecule has 1 amide bonds. The second-order valence-corrected chi connectivity index (χ2v) is 5.65. The Hall–Kier alpha value is -2.35. The number of benzene rings is 2. The average molecular weight is 277 g/mol. The Morgan fingerprint density at radius 1 is 1.10 bits per heavy atom. The van der Waals surface area contributed by atoms with Crippen molar-refractivity contribution >= 4 is 17.3 Å². The maximum Gasteiger partial charge on any atom is 0.242 e. The van der Waals surface area contributed by atoms with Gasteiger partial charge in [-0.15, -0.1) is 6.58 Å². The van der Waals surface area contributed by atoms with Crippen LogP contribution in [0.15, 0.2) is 67.3 Å². The molecule has 0 unspecified atom stereocenters. The summed E-state index contributed by atoms with van der Waals surface area (Å²) in [6, 6.07) is 17.9. The van der Waals surface area contributed by atoms with E-state index in [1.54, 1.807) is 0 Å². The third kappa shape index (κ3) is 2.07. The Bertz CT molecular complexity index is 677. The Morgan fingerprint density at radius 2 is 1.76 bits per heavy atom. The first-order valence-electron chi connectivity index (χ1n) is 7.28. The molecule has 0 saturated carbocycles. The van der Waals surface area contributed by atoms with Crippen LogP contribution >= 0.6 is 0 Å². The normalized spacial score (nSPS) is 20.4. The number of carbonyl (C=O) groups excluding carboxylic acids is 1. The summed E-state index contributed by atoms with van der Waals surface area (Å²) in [5, 5.41) is 0. The zero-order valence-corrected chi connectivity index (χ0v) is 12.3. The van der Waals surface area contributed by atoms with Gasteiger partial charge < -0.3 is 0 Å². The van der Waals surface area contributed by atoms with Crippen molar-refractivity contribution < 1.29 is 4.79 Å². The van der Waals surface area contributed by atoms with Gasteiger partial charge >= 0.3 is 0 Å². The van der Waals surface area contributed by atoms with Crippen LogP contribution in [0.4, 0.5) is 11.4 Å². The van der Waals surface area contributed by atoms with Crippen molar-refractivity contribution in [2.24, 2.45) is 0 Å². The lowest BCUT2D eigenvalue weighted by molar-refractivity contribution is -0.122. The fourth-order valence-electron chi connectivity index (χ4n) is 3.07. The van der Waals surface area contributed by atoms with E-state index in [2.05, 4.69) is 12.6 Å². The number of fused-ring (bicyclic) bond motifs is 1. The van der Waals surface area contributed by atoms with Crippen molar-refractivity contribution in [2.75, 3.05) is 4.90 Å². The standard InChI is InChI=1S/C19H19NO/c1-3-4-14-19(2)16-12-8-9-13-17(16)20(18(19)21)15-10-6-5-7-11-15/h3,5-13H,1,4,14H2,2H3/t19-/m1/s1. The Morgan fingerprint density at radius 3 is 2.48 bits per heavy atom. The number of hydrogen-bond acceptors (Lipinski definition) is 1. The molecular weight excluding hydrogens is 258 g/mol. The van der Waals surface area contributed by atoms with E-state index in [1.807, 2.05) is 66.4 Å². The van der Waals surface area contributed by atoms with Gasteiger partial charge in [-0.3, -0.25) is 9.69 Å². The zero-order valence-electron chi connectivity index (χ0n) is 12.3. The Balaban J connectivity index is 2.13. The molecule has 2 nitrogen and oxygen atoms in total. The molecule has 2 heteroatoms. The van der Waals surface area contributed by atoms with Crippen LogP contribution in [0, 0.1) is 0 Å². The highest BCUT2D eigenvalue weighted by molar-refractivity contribution is 6.12. The van der Waals surface area contributed by atoms with Gasteiger partial charge in [-0.2, -0.15) is 0 Å². The van der Waals surface area contributed by atoms with Gasteiger partial charge in [0.1, 0.15) is 0 Å². The molecule has 106 valence electrons. The van der Waals surface area contributed by atoms with Gasteiger partial charge in [0, 0.05) is 5.69 Å². The first-order valence-corrected chi connectivity index (χ1v) is 7.28. The van der Waals surface area contributed by atoms with Crippen LogP contribution in [0.2, 0.25) is 0 Å². The second-order valence-electron chi connectivity index (χ2n) is 5.65. The smallest absolute Gasteiger partial charge is 0.242 e. The van der Waals surface area contributed by atoms with Crippen LogP contribution in [0.5, 0.6) is 0 Å². The summed E-state index contributed by atoms with van der Waals surface area (Å²) in [5.74, 6) is 0.150. The molecule has 1 aliphatic rings. The maximum atomic E-state index is 13.1. The second kappa shape index (κ2) is 5.21. The molecule has 0 radical (unpaired) electrons. The fourth-order valence-corrected chi connectivity index (χ4v) is 3.07. The quantitative estimate of drug-likeness (QED) is 0.748. The molecule has 21 heavy (non-hydrogen) atoms. The molecule has 1 aliphatic heterocycles. The van der Waals surface area contributed by atoms with Crippen molar-refractivity contribution in [3.8, 4) is 0 Å². The third-order valence-electron chi connectivity index (χ3n) is 4.28. The Kier molecular flexibility index (Phi) is 3.38. The molecule has 2 aromatic carbocycles. The van der Waals surface area contributed by atoms with E-state index < -0.39 is 5.41 Å². The monoisotopic (exact) mass is 277 g/mol. The van der Waals surface area contributed by atoms with E-state index in [9.17, 15) is 4.79 Å².